The van der Waals surface area contributed by atoms with Crippen LogP contribution in [0.2, 0.25) is 0 Å². The van der Waals surface area contributed by atoms with Gasteiger partial charge in [-0.05, 0) is 28.1 Å². The molecular formula is C8H8BrN3O3. The second-order valence-electron chi connectivity index (χ2n) is 2.68. The molecule has 0 saturated heterocycles. The topological polar surface area (TPSA) is 98.3 Å². The molecule has 0 radical (unpaired) electrons. The summed E-state index contributed by atoms with van der Waals surface area (Å²) in [7, 11) is 0. The van der Waals surface area contributed by atoms with Crippen LogP contribution in [0, 0.1) is 10.1 Å². The fraction of sp³-hybridized carbons (Fsp3) is 0.125. The molecule has 3 N–H and O–H groups in total. The normalized spacial score (nSPS) is 9.73. The van der Waals surface area contributed by atoms with E-state index in [1.807, 2.05) is 0 Å². The van der Waals surface area contributed by atoms with Gasteiger partial charge in [-0.15, -0.1) is 0 Å². The summed E-state index contributed by atoms with van der Waals surface area (Å²) in [6.45, 7) is -0.130. The van der Waals surface area contributed by atoms with Crippen LogP contribution < -0.4 is 11.1 Å². The molecule has 15 heavy (non-hydrogen) atoms. The molecule has 1 aromatic carbocycles. The third-order valence-corrected chi connectivity index (χ3v) is 2.25. The zero-order valence-electron chi connectivity index (χ0n) is 7.57. The van der Waals surface area contributed by atoms with Crippen LogP contribution >= 0.6 is 15.9 Å². The molecule has 0 heterocycles. The Hall–Kier alpha value is -1.47. The van der Waals surface area contributed by atoms with E-state index >= 15 is 0 Å². The minimum absolute atomic E-state index is 0.0549. The average Bonchev–Trinajstić information content (AvgIpc) is 2.17. The lowest BCUT2D eigenvalue weighted by atomic mass is 10.3. The first-order valence-electron chi connectivity index (χ1n) is 3.98. The second-order valence-corrected chi connectivity index (χ2v) is 3.53. The van der Waals surface area contributed by atoms with Crippen molar-refractivity contribution in [2.24, 2.45) is 5.73 Å². The van der Waals surface area contributed by atoms with Crippen molar-refractivity contribution in [1.29, 1.82) is 0 Å². The van der Waals surface area contributed by atoms with Crippen molar-refractivity contribution >= 4 is 33.2 Å². The molecule has 0 unspecified atom stereocenters. The van der Waals surface area contributed by atoms with E-state index in [2.05, 4.69) is 21.2 Å². The number of anilines is 1. The van der Waals surface area contributed by atoms with Crippen LogP contribution in [0.1, 0.15) is 0 Å². The van der Waals surface area contributed by atoms with Crippen LogP contribution in [-0.2, 0) is 4.79 Å². The molecule has 1 aromatic rings. The number of nitrogens with zero attached hydrogens (tertiary/aromatic N) is 1. The maximum absolute atomic E-state index is 10.9. The Bertz CT molecular complexity index is 408. The van der Waals surface area contributed by atoms with Crippen molar-refractivity contribution in [3.05, 3.63) is 32.8 Å². The van der Waals surface area contributed by atoms with Gasteiger partial charge in [-0.3, -0.25) is 14.9 Å². The van der Waals surface area contributed by atoms with Gasteiger partial charge in [0.25, 0.3) is 5.69 Å². The predicted octanol–water partition coefficient (Wildman–Crippen LogP) is 1.25. The van der Waals surface area contributed by atoms with Gasteiger partial charge in [-0.2, -0.15) is 0 Å². The fourth-order valence-electron chi connectivity index (χ4n) is 0.945. The molecule has 0 aliphatic heterocycles. The molecule has 0 bridgehead atoms. The second kappa shape index (κ2) is 4.85. The molecule has 0 spiro atoms. The SMILES string of the molecule is NCC(=O)Nc1ccc([N+](=O)[O-])c(Br)c1. The van der Waals surface area contributed by atoms with Crippen molar-refractivity contribution in [2.45, 2.75) is 0 Å². The minimum atomic E-state index is -0.515. The van der Waals surface area contributed by atoms with Gasteiger partial charge < -0.3 is 11.1 Å². The summed E-state index contributed by atoms with van der Waals surface area (Å²) in [5.41, 5.74) is 5.51. The Morgan fingerprint density at radius 3 is 2.73 bits per heavy atom. The number of nitro groups is 1. The summed E-state index contributed by atoms with van der Waals surface area (Å²) in [6.07, 6.45) is 0. The third-order valence-electron chi connectivity index (χ3n) is 1.61. The number of hydrogen-bond donors (Lipinski definition) is 2. The number of nitrogens with two attached hydrogens (primary N) is 1. The zero-order valence-corrected chi connectivity index (χ0v) is 9.15. The van der Waals surface area contributed by atoms with Crippen molar-refractivity contribution in [2.75, 3.05) is 11.9 Å². The molecule has 0 atom stereocenters. The third kappa shape index (κ3) is 3.00. The first-order valence-corrected chi connectivity index (χ1v) is 4.77. The highest BCUT2D eigenvalue weighted by molar-refractivity contribution is 9.10. The lowest BCUT2D eigenvalue weighted by Gasteiger charge is -2.03. The Labute approximate surface area is 93.7 Å². The largest absolute Gasteiger partial charge is 0.325 e. The first-order chi connectivity index (χ1) is 7.04. The van der Waals surface area contributed by atoms with Crippen LogP contribution in [0.3, 0.4) is 0 Å². The number of rotatable bonds is 3. The quantitative estimate of drug-likeness (QED) is 0.640. The number of carbonyl (C=O) groups is 1. The van der Waals surface area contributed by atoms with Gasteiger partial charge in [0.15, 0.2) is 0 Å². The van der Waals surface area contributed by atoms with Crippen molar-refractivity contribution in [3.8, 4) is 0 Å². The van der Waals surface area contributed by atoms with E-state index in [1.165, 1.54) is 18.2 Å². The molecule has 0 aliphatic rings. The first kappa shape index (κ1) is 11.6. The maximum atomic E-state index is 10.9. The molecule has 0 aliphatic carbocycles. The highest BCUT2D eigenvalue weighted by atomic mass is 79.9. The summed E-state index contributed by atoms with van der Waals surface area (Å²) >= 11 is 3.04. The van der Waals surface area contributed by atoms with Gasteiger partial charge in [-0.25, -0.2) is 0 Å². The Morgan fingerprint density at radius 1 is 1.60 bits per heavy atom. The van der Waals surface area contributed by atoms with Crippen LogP contribution in [0.4, 0.5) is 11.4 Å². The summed E-state index contributed by atoms with van der Waals surface area (Å²) in [6, 6.07) is 4.19. The van der Waals surface area contributed by atoms with Crippen LogP contribution in [-0.4, -0.2) is 17.4 Å². The lowest BCUT2D eigenvalue weighted by molar-refractivity contribution is -0.385. The molecule has 1 rings (SSSR count). The van der Waals surface area contributed by atoms with Crippen LogP contribution in [0.15, 0.2) is 22.7 Å². The summed E-state index contributed by atoms with van der Waals surface area (Å²) in [4.78, 5) is 20.9. The Morgan fingerprint density at radius 2 is 2.27 bits per heavy atom. The van der Waals surface area contributed by atoms with Gasteiger partial charge in [0.05, 0.1) is 15.9 Å². The number of nitrogens with one attached hydrogen (secondary N) is 1. The fourth-order valence-corrected chi connectivity index (χ4v) is 1.47. The molecular weight excluding hydrogens is 266 g/mol. The highest BCUT2D eigenvalue weighted by Gasteiger charge is 2.12. The van der Waals surface area contributed by atoms with E-state index in [0.29, 0.717) is 10.2 Å². The van der Waals surface area contributed by atoms with Crippen molar-refractivity contribution in [1.82, 2.24) is 0 Å². The number of carbonyl (C=O) groups excluding carboxylic acids is 1. The number of amides is 1. The summed E-state index contributed by atoms with van der Waals surface area (Å²) < 4.78 is 0.308. The molecule has 0 aromatic heterocycles. The van der Waals surface area contributed by atoms with Crippen LogP contribution in [0.25, 0.3) is 0 Å². The van der Waals surface area contributed by atoms with Gasteiger partial charge in [0.1, 0.15) is 0 Å². The number of hydrogen-bond acceptors (Lipinski definition) is 4. The smallest absolute Gasteiger partial charge is 0.283 e. The monoisotopic (exact) mass is 273 g/mol. The minimum Gasteiger partial charge on any atom is -0.325 e. The van der Waals surface area contributed by atoms with Crippen molar-refractivity contribution < 1.29 is 9.72 Å². The Balaban J connectivity index is 2.91. The Kier molecular flexibility index (Phi) is 3.75. The van der Waals surface area contributed by atoms with Crippen molar-refractivity contribution in [3.63, 3.8) is 0 Å². The molecule has 7 heteroatoms. The van der Waals surface area contributed by atoms with E-state index in [4.69, 9.17) is 5.73 Å². The number of halogens is 1. The highest BCUT2D eigenvalue weighted by Crippen LogP contribution is 2.27. The van der Waals surface area contributed by atoms with Crippen LogP contribution in [0.5, 0.6) is 0 Å². The molecule has 6 nitrogen and oxygen atoms in total. The van der Waals surface area contributed by atoms with E-state index in [1.54, 1.807) is 0 Å². The van der Waals surface area contributed by atoms with E-state index in [9.17, 15) is 14.9 Å². The molecule has 0 fully saturated rings. The van der Waals surface area contributed by atoms with E-state index in [-0.39, 0.29) is 18.1 Å². The van der Waals surface area contributed by atoms with E-state index < -0.39 is 4.92 Å². The molecule has 0 saturated carbocycles. The maximum Gasteiger partial charge on any atom is 0.283 e. The van der Waals surface area contributed by atoms with Gasteiger partial charge in [-0.1, -0.05) is 0 Å². The standard InChI is InChI=1S/C8H8BrN3O3/c9-6-3-5(11-8(13)4-10)1-2-7(6)12(14)15/h1-3H,4,10H2,(H,11,13). The molecule has 1 amide bonds. The van der Waals surface area contributed by atoms with Gasteiger partial charge >= 0.3 is 0 Å². The summed E-state index contributed by atoms with van der Waals surface area (Å²) in [5.74, 6) is -0.351. The average molecular weight is 274 g/mol. The number of benzene rings is 1. The van der Waals surface area contributed by atoms with E-state index in [0.717, 1.165) is 0 Å². The zero-order chi connectivity index (χ0) is 11.4. The summed E-state index contributed by atoms with van der Waals surface area (Å²) in [5, 5.41) is 13.0. The number of nitro benzene ring substituents is 1. The molecule has 80 valence electrons. The lowest BCUT2D eigenvalue weighted by Crippen LogP contribution is -2.21. The van der Waals surface area contributed by atoms with Gasteiger partial charge in [0, 0.05) is 11.8 Å². The predicted molar refractivity (Wildman–Crippen MR) is 58.5 cm³/mol. The van der Waals surface area contributed by atoms with Gasteiger partial charge in [0.2, 0.25) is 5.91 Å².